The summed E-state index contributed by atoms with van der Waals surface area (Å²) in [7, 11) is 0. The molecule has 0 bridgehead atoms. The summed E-state index contributed by atoms with van der Waals surface area (Å²) in [6, 6.07) is 5.46. The predicted octanol–water partition coefficient (Wildman–Crippen LogP) is 2.91. The Morgan fingerprint density at radius 3 is 2.79 bits per heavy atom. The molecule has 1 unspecified atom stereocenters. The van der Waals surface area contributed by atoms with E-state index in [1.165, 1.54) is 12.1 Å². The van der Waals surface area contributed by atoms with Gasteiger partial charge >= 0.3 is 6.18 Å². The smallest absolute Gasteiger partial charge is 0.416 e. The molecule has 1 aliphatic rings. The number of hydrogen-bond donors (Lipinski definition) is 1. The fourth-order valence-electron chi connectivity index (χ4n) is 2.12. The topological polar surface area (TPSA) is 47.6 Å². The van der Waals surface area contributed by atoms with Gasteiger partial charge < -0.3 is 10.5 Å². The van der Waals surface area contributed by atoms with Crippen molar-refractivity contribution in [1.82, 2.24) is 0 Å². The average Bonchev–Trinajstić information content (AvgIpc) is 2.74. The lowest BCUT2D eigenvalue weighted by molar-refractivity contribution is -0.137. The van der Waals surface area contributed by atoms with Crippen LogP contribution in [0.3, 0.4) is 0 Å². The van der Waals surface area contributed by atoms with Gasteiger partial charge in [0.1, 0.15) is 6.61 Å². The quantitative estimate of drug-likeness (QED) is 0.919. The van der Waals surface area contributed by atoms with Crippen LogP contribution in [0.25, 0.3) is 0 Å². The number of alkyl halides is 3. The summed E-state index contributed by atoms with van der Waals surface area (Å²) in [6.07, 6.45) is -3.70. The molecule has 2 rings (SSSR count). The maximum atomic E-state index is 12.6. The van der Waals surface area contributed by atoms with Crippen LogP contribution in [0.5, 0.6) is 0 Å². The van der Waals surface area contributed by atoms with E-state index < -0.39 is 11.7 Å². The van der Waals surface area contributed by atoms with Gasteiger partial charge in [0, 0.05) is 0 Å². The molecule has 2 N–H and O–H groups in total. The molecule has 104 valence electrons. The van der Waals surface area contributed by atoms with Crippen molar-refractivity contribution in [2.45, 2.75) is 31.5 Å². The van der Waals surface area contributed by atoms with Crippen molar-refractivity contribution in [3.05, 3.63) is 35.4 Å². The maximum absolute atomic E-state index is 12.6. The van der Waals surface area contributed by atoms with Crippen molar-refractivity contribution in [2.75, 3.05) is 6.61 Å². The van der Waals surface area contributed by atoms with Crippen LogP contribution in [0.1, 0.15) is 30.4 Å². The van der Waals surface area contributed by atoms with Crippen LogP contribution in [-0.4, -0.2) is 18.7 Å². The molecule has 0 saturated heterocycles. The standard InChI is InChI=1S/C13H15F3N2O/c1-8(5-11-7-19-12(17)18-11)9-3-2-4-10(6-9)13(14,15)16/h2-4,6,8,11H,5,7H2,1H3,(H2,17,18)/t8?,11-/m0/s1. The van der Waals surface area contributed by atoms with E-state index in [9.17, 15) is 13.2 Å². The Labute approximate surface area is 109 Å². The molecule has 0 aliphatic carbocycles. The normalized spacial score (nSPS) is 20.8. The van der Waals surface area contributed by atoms with E-state index in [-0.39, 0.29) is 18.0 Å². The number of halogens is 3. The Morgan fingerprint density at radius 1 is 1.47 bits per heavy atom. The zero-order valence-corrected chi connectivity index (χ0v) is 10.4. The van der Waals surface area contributed by atoms with E-state index in [1.807, 2.05) is 6.92 Å². The van der Waals surface area contributed by atoms with E-state index in [0.717, 1.165) is 6.07 Å². The molecule has 0 amide bonds. The molecule has 1 aromatic carbocycles. The molecule has 6 heteroatoms. The van der Waals surface area contributed by atoms with Crippen molar-refractivity contribution in [2.24, 2.45) is 10.7 Å². The largest absolute Gasteiger partial charge is 0.463 e. The van der Waals surface area contributed by atoms with E-state index in [2.05, 4.69) is 4.99 Å². The number of nitrogens with two attached hydrogens (primary N) is 1. The number of aliphatic imine (C=N–C) groups is 1. The van der Waals surface area contributed by atoms with E-state index >= 15 is 0 Å². The number of benzene rings is 1. The van der Waals surface area contributed by atoms with Gasteiger partial charge in [0.15, 0.2) is 0 Å². The zero-order valence-electron chi connectivity index (χ0n) is 10.4. The molecule has 0 saturated carbocycles. The van der Waals surface area contributed by atoms with Crippen LogP contribution < -0.4 is 5.73 Å². The SMILES string of the molecule is CC(C[C@H]1COC(N)=N1)c1cccc(C(F)(F)F)c1. The van der Waals surface area contributed by atoms with E-state index in [4.69, 9.17) is 10.5 Å². The summed E-state index contributed by atoms with van der Waals surface area (Å²) >= 11 is 0. The fourth-order valence-corrected chi connectivity index (χ4v) is 2.12. The lowest BCUT2D eigenvalue weighted by Crippen LogP contribution is -2.12. The lowest BCUT2D eigenvalue weighted by atomic mass is 9.93. The second kappa shape index (κ2) is 5.11. The lowest BCUT2D eigenvalue weighted by Gasteiger charge is -2.16. The van der Waals surface area contributed by atoms with Gasteiger partial charge in [-0.1, -0.05) is 25.1 Å². The first-order valence-electron chi connectivity index (χ1n) is 5.99. The van der Waals surface area contributed by atoms with Crippen molar-refractivity contribution in [1.29, 1.82) is 0 Å². The molecule has 1 aliphatic heterocycles. The summed E-state index contributed by atoms with van der Waals surface area (Å²) < 4.78 is 42.9. The third-order valence-corrected chi connectivity index (χ3v) is 3.14. The highest BCUT2D eigenvalue weighted by molar-refractivity contribution is 5.73. The van der Waals surface area contributed by atoms with E-state index in [1.54, 1.807) is 6.07 Å². The molecular formula is C13H15F3N2O. The van der Waals surface area contributed by atoms with Crippen molar-refractivity contribution < 1.29 is 17.9 Å². The summed E-state index contributed by atoms with van der Waals surface area (Å²) in [5, 5.41) is 0. The second-order valence-corrected chi connectivity index (χ2v) is 4.69. The zero-order chi connectivity index (χ0) is 14.0. The van der Waals surface area contributed by atoms with Gasteiger partial charge in [-0.25, -0.2) is 4.99 Å². The Bertz CT molecular complexity index is 485. The predicted molar refractivity (Wildman–Crippen MR) is 65.8 cm³/mol. The third kappa shape index (κ3) is 3.39. The van der Waals surface area contributed by atoms with Gasteiger partial charge in [0.25, 0.3) is 6.02 Å². The van der Waals surface area contributed by atoms with Crippen LogP contribution >= 0.6 is 0 Å². The average molecular weight is 272 g/mol. The molecule has 0 radical (unpaired) electrons. The molecule has 1 heterocycles. The summed E-state index contributed by atoms with van der Waals surface area (Å²) in [5.74, 6) is -0.0365. The molecule has 1 aromatic rings. The van der Waals surface area contributed by atoms with Gasteiger partial charge in [0.05, 0.1) is 11.6 Å². The molecule has 2 atom stereocenters. The van der Waals surface area contributed by atoms with Gasteiger partial charge in [0.2, 0.25) is 0 Å². The first-order valence-corrected chi connectivity index (χ1v) is 5.99. The molecule has 0 aromatic heterocycles. The van der Waals surface area contributed by atoms with Crippen LogP contribution in [0.2, 0.25) is 0 Å². The van der Waals surface area contributed by atoms with Gasteiger partial charge in [-0.3, -0.25) is 0 Å². The molecular weight excluding hydrogens is 257 g/mol. The van der Waals surface area contributed by atoms with Crippen molar-refractivity contribution >= 4 is 6.02 Å². The molecule has 0 spiro atoms. The van der Waals surface area contributed by atoms with E-state index in [0.29, 0.717) is 18.6 Å². The minimum Gasteiger partial charge on any atom is -0.463 e. The first kappa shape index (κ1) is 13.7. The minimum atomic E-state index is -4.31. The number of ether oxygens (including phenoxy) is 1. The van der Waals surface area contributed by atoms with Crippen LogP contribution in [0, 0.1) is 0 Å². The Balaban J connectivity index is 2.09. The number of nitrogens with zero attached hydrogens (tertiary/aromatic N) is 1. The van der Waals surface area contributed by atoms with Gasteiger partial charge in [-0.05, 0) is 24.0 Å². The first-order chi connectivity index (χ1) is 8.86. The Hall–Kier alpha value is -1.72. The molecule has 3 nitrogen and oxygen atoms in total. The molecule has 0 fully saturated rings. The maximum Gasteiger partial charge on any atom is 0.416 e. The second-order valence-electron chi connectivity index (χ2n) is 4.69. The number of hydrogen-bond acceptors (Lipinski definition) is 3. The third-order valence-electron chi connectivity index (χ3n) is 3.14. The number of rotatable bonds is 3. The van der Waals surface area contributed by atoms with Crippen molar-refractivity contribution in [3.8, 4) is 0 Å². The van der Waals surface area contributed by atoms with Gasteiger partial charge in [-0.2, -0.15) is 13.2 Å². The highest BCUT2D eigenvalue weighted by Crippen LogP contribution is 2.32. The molecule has 19 heavy (non-hydrogen) atoms. The number of amidine groups is 1. The Kier molecular flexibility index (Phi) is 3.68. The van der Waals surface area contributed by atoms with Gasteiger partial charge in [-0.15, -0.1) is 0 Å². The highest BCUT2D eigenvalue weighted by atomic mass is 19.4. The van der Waals surface area contributed by atoms with Crippen LogP contribution in [0.4, 0.5) is 13.2 Å². The summed E-state index contributed by atoms with van der Waals surface area (Å²) in [6.45, 7) is 2.27. The highest BCUT2D eigenvalue weighted by Gasteiger charge is 2.31. The summed E-state index contributed by atoms with van der Waals surface area (Å²) in [4.78, 5) is 4.08. The van der Waals surface area contributed by atoms with Crippen LogP contribution in [-0.2, 0) is 10.9 Å². The van der Waals surface area contributed by atoms with Crippen LogP contribution in [0.15, 0.2) is 29.3 Å². The Morgan fingerprint density at radius 2 is 2.21 bits per heavy atom. The van der Waals surface area contributed by atoms with Crippen molar-refractivity contribution in [3.63, 3.8) is 0 Å². The monoisotopic (exact) mass is 272 g/mol. The summed E-state index contributed by atoms with van der Waals surface area (Å²) in [5.41, 5.74) is 5.43. The minimum absolute atomic E-state index is 0.0365. The fraction of sp³-hybridized carbons (Fsp3) is 0.462.